The average molecular weight is 340 g/mol. The van der Waals surface area contributed by atoms with Gasteiger partial charge in [0, 0.05) is 17.1 Å². The van der Waals surface area contributed by atoms with Crippen LogP contribution in [0.4, 0.5) is 9.18 Å². The minimum Gasteiger partial charge on any atom is -0.360 e. The van der Waals surface area contributed by atoms with Crippen LogP contribution in [-0.4, -0.2) is 16.9 Å². The molecule has 0 spiro atoms. The Morgan fingerprint density at radius 3 is 2.52 bits per heavy atom. The third kappa shape index (κ3) is 3.77. The van der Waals surface area contributed by atoms with Gasteiger partial charge in [0.05, 0.1) is 11.6 Å². The van der Waals surface area contributed by atoms with Gasteiger partial charge in [-0.3, -0.25) is 10.2 Å². The normalized spacial score (nSPS) is 11.8. The third-order valence-electron chi connectivity index (χ3n) is 3.84. The number of halogens is 1. The third-order valence-corrected chi connectivity index (χ3v) is 3.84. The molecule has 6 nitrogen and oxygen atoms in total. The minimum absolute atomic E-state index is 0.341. The highest BCUT2D eigenvalue weighted by atomic mass is 19.1. The lowest BCUT2D eigenvalue weighted by atomic mass is 10.1. The van der Waals surface area contributed by atoms with Crippen molar-refractivity contribution in [1.82, 2.24) is 21.2 Å². The van der Waals surface area contributed by atoms with Crippen molar-refractivity contribution in [3.8, 4) is 0 Å². The van der Waals surface area contributed by atoms with E-state index in [4.69, 9.17) is 0 Å². The molecule has 1 atom stereocenters. The lowest BCUT2D eigenvalue weighted by Gasteiger charge is -2.15. The van der Waals surface area contributed by atoms with Crippen molar-refractivity contribution in [3.05, 3.63) is 71.7 Å². The molecule has 4 N–H and O–H groups in total. The van der Waals surface area contributed by atoms with Crippen LogP contribution in [0.1, 0.15) is 28.9 Å². The van der Waals surface area contributed by atoms with Gasteiger partial charge in [-0.15, -0.1) is 0 Å². The van der Waals surface area contributed by atoms with Crippen LogP contribution in [0.15, 0.2) is 54.7 Å². The summed E-state index contributed by atoms with van der Waals surface area (Å²) in [6.07, 6.45) is 1.58. The van der Waals surface area contributed by atoms with Crippen LogP contribution in [-0.2, 0) is 0 Å². The summed E-state index contributed by atoms with van der Waals surface area (Å²) < 4.78 is 12.9. The first-order valence-electron chi connectivity index (χ1n) is 7.73. The van der Waals surface area contributed by atoms with Gasteiger partial charge in [-0.1, -0.05) is 30.3 Å². The summed E-state index contributed by atoms with van der Waals surface area (Å²) in [7, 11) is 0. The molecule has 0 aliphatic carbocycles. The van der Waals surface area contributed by atoms with E-state index < -0.39 is 11.9 Å². The Hall–Kier alpha value is -3.35. The number of H-pyrrole nitrogens is 1. The number of fused-ring (bicyclic) bond motifs is 1. The SMILES string of the molecule is CC(NC(=O)NNC(=O)c1c[nH]c2ccccc12)c1ccc(F)cc1. The summed E-state index contributed by atoms with van der Waals surface area (Å²) in [4.78, 5) is 27.1. The molecule has 3 amide bonds. The van der Waals surface area contributed by atoms with Crippen LogP contribution in [0.2, 0.25) is 0 Å². The first-order valence-corrected chi connectivity index (χ1v) is 7.73. The van der Waals surface area contributed by atoms with Gasteiger partial charge in [0.2, 0.25) is 0 Å². The van der Waals surface area contributed by atoms with Gasteiger partial charge in [-0.25, -0.2) is 14.6 Å². The predicted octanol–water partition coefficient (Wildman–Crippen LogP) is 3.01. The summed E-state index contributed by atoms with van der Waals surface area (Å²) >= 11 is 0. The number of rotatable bonds is 3. The summed E-state index contributed by atoms with van der Waals surface area (Å²) in [5.74, 6) is -0.770. The van der Waals surface area contributed by atoms with Crippen molar-refractivity contribution in [3.63, 3.8) is 0 Å². The zero-order chi connectivity index (χ0) is 17.8. The maximum Gasteiger partial charge on any atom is 0.333 e. The number of nitrogens with one attached hydrogen (secondary N) is 4. The van der Waals surface area contributed by atoms with Crippen molar-refractivity contribution in [2.45, 2.75) is 13.0 Å². The summed E-state index contributed by atoms with van der Waals surface area (Å²) in [6.45, 7) is 1.76. The largest absolute Gasteiger partial charge is 0.360 e. The highest BCUT2D eigenvalue weighted by Crippen LogP contribution is 2.17. The molecule has 0 bridgehead atoms. The van der Waals surface area contributed by atoms with Crippen molar-refractivity contribution in [2.75, 3.05) is 0 Å². The maximum absolute atomic E-state index is 12.9. The van der Waals surface area contributed by atoms with Crippen molar-refractivity contribution >= 4 is 22.8 Å². The number of aromatic amines is 1. The molecule has 25 heavy (non-hydrogen) atoms. The van der Waals surface area contributed by atoms with Gasteiger partial charge < -0.3 is 10.3 Å². The van der Waals surface area contributed by atoms with Crippen LogP contribution in [0, 0.1) is 5.82 Å². The molecule has 128 valence electrons. The topological polar surface area (TPSA) is 86.0 Å². The zero-order valence-electron chi connectivity index (χ0n) is 13.5. The number of aromatic nitrogens is 1. The Morgan fingerprint density at radius 1 is 1.04 bits per heavy atom. The van der Waals surface area contributed by atoms with Gasteiger partial charge in [-0.2, -0.15) is 0 Å². The summed E-state index contributed by atoms with van der Waals surface area (Å²) in [5.41, 5.74) is 6.69. The monoisotopic (exact) mass is 340 g/mol. The van der Waals surface area contributed by atoms with E-state index in [9.17, 15) is 14.0 Å². The van der Waals surface area contributed by atoms with Crippen LogP contribution < -0.4 is 16.2 Å². The second kappa shape index (κ2) is 7.04. The lowest BCUT2D eigenvalue weighted by molar-refractivity contribution is 0.0937. The number of carbonyl (C=O) groups is 2. The van der Waals surface area contributed by atoms with E-state index in [1.54, 1.807) is 25.3 Å². The van der Waals surface area contributed by atoms with Crippen molar-refractivity contribution < 1.29 is 14.0 Å². The molecule has 0 aliphatic heterocycles. The summed E-state index contributed by atoms with van der Waals surface area (Å²) in [6, 6.07) is 12.3. The number of amides is 3. The van der Waals surface area contributed by atoms with Crippen LogP contribution in [0.3, 0.4) is 0 Å². The average Bonchev–Trinajstić information content (AvgIpc) is 3.04. The number of carbonyl (C=O) groups excluding carboxylic acids is 2. The second-order valence-corrected chi connectivity index (χ2v) is 5.57. The number of hydrogen-bond acceptors (Lipinski definition) is 2. The van der Waals surface area contributed by atoms with Crippen molar-refractivity contribution in [2.24, 2.45) is 0 Å². The van der Waals surface area contributed by atoms with E-state index in [0.717, 1.165) is 16.5 Å². The Morgan fingerprint density at radius 2 is 1.76 bits per heavy atom. The van der Waals surface area contributed by atoms with E-state index in [1.807, 2.05) is 24.3 Å². The van der Waals surface area contributed by atoms with Crippen molar-refractivity contribution in [1.29, 1.82) is 0 Å². The molecular weight excluding hydrogens is 323 g/mol. The van der Waals surface area contributed by atoms with E-state index in [-0.39, 0.29) is 11.9 Å². The molecule has 0 aliphatic rings. The molecule has 0 radical (unpaired) electrons. The smallest absolute Gasteiger partial charge is 0.333 e. The fourth-order valence-electron chi connectivity index (χ4n) is 2.51. The molecule has 2 aromatic carbocycles. The fourth-order valence-corrected chi connectivity index (χ4v) is 2.51. The molecule has 0 saturated carbocycles. The lowest BCUT2D eigenvalue weighted by Crippen LogP contribution is -2.47. The molecule has 1 aromatic heterocycles. The molecule has 0 saturated heterocycles. The first kappa shape index (κ1) is 16.5. The Bertz CT molecular complexity index is 905. The van der Waals surface area contributed by atoms with E-state index in [2.05, 4.69) is 21.2 Å². The number of urea groups is 1. The molecular formula is C18H17FN4O2. The maximum atomic E-state index is 12.9. The van der Waals surface area contributed by atoms with Gasteiger partial charge in [-0.05, 0) is 30.7 Å². The number of hydrogen-bond donors (Lipinski definition) is 4. The molecule has 1 unspecified atom stereocenters. The van der Waals surface area contributed by atoms with E-state index >= 15 is 0 Å². The van der Waals surface area contributed by atoms with Crippen LogP contribution >= 0.6 is 0 Å². The molecule has 1 heterocycles. The quantitative estimate of drug-likeness (QED) is 0.553. The standard InChI is InChI=1S/C18H17FN4O2/c1-11(12-6-8-13(19)9-7-12)21-18(25)23-22-17(24)15-10-20-16-5-3-2-4-14(15)16/h2-11,20H,1H3,(H,22,24)(H2,21,23,25). The minimum atomic E-state index is -0.565. The molecule has 0 fully saturated rings. The molecule has 3 rings (SSSR count). The van der Waals surface area contributed by atoms with Gasteiger partial charge in [0.15, 0.2) is 0 Å². The number of benzene rings is 2. The number of hydrazine groups is 1. The zero-order valence-corrected chi connectivity index (χ0v) is 13.5. The Labute approximate surface area is 143 Å². The Kier molecular flexibility index (Phi) is 4.65. The molecule has 3 aromatic rings. The molecule has 7 heteroatoms. The van der Waals surface area contributed by atoms with Crippen LogP contribution in [0.25, 0.3) is 10.9 Å². The Balaban J connectivity index is 1.56. The highest BCUT2D eigenvalue weighted by molar-refractivity contribution is 6.07. The predicted molar refractivity (Wildman–Crippen MR) is 92.2 cm³/mol. The fraction of sp³-hybridized carbons (Fsp3) is 0.111. The van der Waals surface area contributed by atoms with Gasteiger partial charge in [0.25, 0.3) is 5.91 Å². The van der Waals surface area contributed by atoms with E-state index in [0.29, 0.717) is 5.56 Å². The highest BCUT2D eigenvalue weighted by Gasteiger charge is 2.14. The number of para-hydroxylation sites is 1. The van der Waals surface area contributed by atoms with E-state index in [1.165, 1.54) is 12.1 Å². The van der Waals surface area contributed by atoms with Crippen LogP contribution in [0.5, 0.6) is 0 Å². The summed E-state index contributed by atoms with van der Waals surface area (Å²) in [5, 5.41) is 3.42. The van der Waals surface area contributed by atoms with Gasteiger partial charge in [0.1, 0.15) is 5.82 Å². The second-order valence-electron chi connectivity index (χ2n) is 5.57. The first-order chi connectivity index (χ1) is 12.0. The van der Waals surface area contributed by atoms with Gasteiger partial charge >= 0.3 is 6.03 Å².